The summed E-state index contributed by atoms with van der Waals surface area (Å²) < 4.78 is 9.69. The number of rotatable bonds is 5. The Morgan fingerprint density at radius 1 is 0.967 bits per heavy atom. The maximum absolute atomic E-state index is 12.5. The summed E-state index contributed by atoms with van der Waals surface area (Å²) in [6.45, 7) is 0. The van der Waals surface area contributed by atoms with E-state index in [0.29, 0.717) is 16.9 Å². The van der Waals surface area contributed by atoms with E-state index in [0.717, 1.165) is 0 Å². The van der Waals surface area contributed by atoms with Crippen LogP contribution in [0.25, 0.3) is 11.3 Å². The van der Waals surface area contributed by atoms with Gasteiger partial charge in [0.25, 0.3) is 0 Å². The fourth-order valence-electron chi connectivity index (χ4n) is 2.90. The molecule has 0 spiro atoms. The molecule has 2 aromatic rings. The van der Waals surface area contributed by atoms with Gasteiger partial charge in [-0.1, -0.05) is 24.3 Å². The number of carbonyl (C=O) groups is 3. The highest BCUT2D eigenvalue weighted by Gasteiger charge is 2.27. The van der Waals surface area contributed by atoms with Crippen LogP contribution in [0.15, 0.2) is 78.2 Å². The fourth-order valence-corrected chi connectivity index (χ4v) is 2.90. The van der Waals surface area contributed by atoms with E-state index in [-0.39, 0.29) is 17.0 Å². The summed E-state index contributed by atoms with van der Waals surface area (Å²) in [4.78, 5) is 41.7. The first kappa shape index (κ1) is 20.5. The summed E-state index contributed by atoms with van der Waals surface area (Å²) in [7, 11) is 2.45. The number of pyridine rings is 1. The van der Waals surface area contributed by atoms with Gasteiger partial charge in [0.2, 0.25) is 0 Å². The Morgan fingerprint density at radius 2 is 1.70 bits per heavy atom. The molecule has 152 valence electrons. The highest BCUT2D eigenvalue weighted by atomic mass is 16.5. The van der Waals surface area contributed by atoms with Crippen molar-refractivity contribution in [1.29, 1.82) is 0 Å². The van der Waals surface area contributed by atoms with Gasteiger partial charge >= 0.3 is 17.9 Å². The van der Waals surface area contributed by atoms with E-state index in [1.165, 1.54) is 31.3 Å². The summed E-state index contributed by atoms with van der Waals surface area (Å²) in [6.07, 6.45) is 6.35. The molecule has 0 aliphatic carbocycles. The number of benzene rings is 1. The molecule has 1 aromatic carbocycles. The molecule has 1 aliphatic rings. The third-order valence-electron chi connectivity index (χ3n) is 4.28. The average molecular weight is 406 g/mol. The maximum atomic E-state index is 12.5. The number of methoxy groups -OCH3 is 2. The summed E-state index contributed by atoms with van der Waals surface area (Å²) in [5, 5.41) is 9.19. The lowest BCUT2D eigenvalue weighted by Gasteiger charge is -2.23. The summed E-state index contributed by atoms with van der Waals surface area (Å²) in [6, 6.07) is 11.6. The molecule has 1 aromatic heterocycles. The van der Waals surface area contributed by atoms with Gasteiger partial charge in [-0.05, 0) is 36.4 Å². The fraction of sp³-hybridized carbons (Fsp3) is 0.0909. The lowest BCUT2D eigenvalue weighted by atomic mass is 10.1. The van der Waals surface area contributed by atoms with Crippen molar-refractivity contribution in [3.8, 4) is 11.3 Å². The molecule has 0 amide bonds. The Kier molecular flexibility index (Phi) is 6.07. The molecule has 2 heterocycles. The largest absolute Gasteiger partial charge is 0.477 e. The molecule has 3 rings (SSSR count). The molecule has 0 saturated carbocycles. The lowest BCUT2D eigenvalue weighted by Crippen LogP contribution is -2.26. The summed E-state index contributed by atoms with van der Waals surface area (Å²) in [5.74, 6) is -2.54. The molecule has 0 bridgehead atoms. The van der Waals surface area contributed by atoms with Crippen LogP contribution in [0.5, 0.6) is 0 Å². The Bertz CT molecular complexity index is 1100. The molecule has 0 unspecified atom stereocenters. The Labute approximate surface area is 172 Å². The molecular weight excluding hydrogens is 388 g/mol. The number of allylic oxidation sites excluding steroid dienone is 2. The number of ether oxygens (including phenoxy) is 2. The van der Waals surface area contributed by atoms with Crippen LogP contribution < -0.4 is 4.90 Å². The molecule has 8 heteroatoms. The first-order valence-electron chi connectivity index (χ1n) is 8.82. The second-order valence-corrected chi connectivity index (χ2v) is 6.08. The number of carbonyl (C=O) groups excluding carboxylic acids is 2. The van der Waals surface area contributed by atoms with Crippen molar-refractivity contribution < 1.29 is 29.0 Å². The van der Waals surface area contributed by atoms with Crippen LogP contribution in [-0.4, -0.2) is 42.2 Å². The minimum absolute atomic E-state index is 0.0151. The van der Waals surface area contributed by atoms with Crippen molar-refractivity contribution in [3.05, 3.63) is 83.9 Å². The van der Waals surface area contributed by atoms with Crippen molar-refractivity contribution in [2.24, 2.45) is 0 Å². The van der Waals surface area contributed by atoms with Crippen LogP contribution in [0.1, 0.15) is 10.5 Å². The van der Waals surface area contributed by atoms with Crippen molar-refractivity contribution in [1.82, 2.24) is 4.98 Å². The van der Waals surface area contributed by atoms with Gasteiger partial charge in [0.15, 0.2) is 0 Å². The van der Waals surface area contributed by atoms with Gasteiger partial charge in [-0.25, -0.2) is 19.4 Å². The zero-order valence-corrected chi connectivity index (χ0v) is 16.2. The highest BCUT2D eigenvalue weighted by molar-refractivity contribution is 6.05. The lowest BCUT2D eigenvalue weighted by molar-refractivity contribution is -0.139. The predicted octanol–water partition coefficient (Wildman–Crippen LogP) is 2.94. The Hall–Kier alpha value is -4.20. The molecule has 30 heavy (non-hydrogen) atoms. The second kappa shape index (κ2) is 8.87. The monoisotopic (exact) mass is 406 g/mol. The van der Waals surface area contributed by atoms with Crippen LogP contribution in [0.4, 0.5) is 5.69 Å². The van der Waals surface area contributed by atoms with E-state index in [2.05, 4.69) is 4.98 Å². The number of carboxylic acids is 1. The summed E-state index contributed by atoms with van der Waals surface area (Å²) in [5.41, 5.74) is 1.55. The van der Waals surface area contributed by atoms with Crippen molar-refractivity contribution >= 4 is 23.6 Å². The molecule has 1 aliphatic heterocycles. The molecular formula is C22H18N2O6. The number of aromatic nitrogens is 1. The van der Waals surface area contributed by atoms with E-state index in [9.17, 15) is 19.5 Å². The molecule has 0 fully saturated rings. The maximum Gasteiger partial charge on any atom is 0.355 e. The molecule has 0 saturated heterocycles. The van der Waals surface area contributed by atoms with Crippen LogP contribution in [0.3, 0.4) is 0 Å². The molecule has 0 radical (unpaired) electrons. The van der Waals surface area contributed by atoms with Crippen LogP contribution >= 0.6 is 0 Å². The zero-order chi connectivity index (χ0) is 21.7. The number of carboxylic acid groups (broad SMARTS) is 1. The van der Waals surface area contributed by atoms with E-state index < -0.39 is 17.9 Å². The number of hydrogen-bond acceptors (Lipinski definition) is 7. The first-order valence-corrected chi connectivity index (χ1v) is 8.82. The van der Waals surface area contributed by atoms with Gasteiger partial charge in [0, 0.05) is 17.5 Å². The van der Waals surface area contributed by atoms with Gasteiger partial charge in [0.1, 0.15) is 11.4 Å². The number of aromatic carboxylic acids is 1. The van der Waals surface area contributed by atoms with Gasteiger partial charge in [0.05, 0.1) is 25.5 Å². The van der Waals surface area contributed by atoms with Gasteiger partial charge in [-0.15, -0.1) is 0 Å². The minimum atomic E-state index is -1.13. The molecule has 8 nitrogen and oxygen atoms in total. The zero-order valence-electron chi connectivity index (χ0n) is 16.2. The highest BCUT2D eigenvalue weighted by Crippen LogP contribution is 2.29. The number of hydrogen-bond donors (Lipinski definition) is 1. The van der Waals surface area contributed by atoms with Gasteiger partial charge < -0.3 is 19.5 Å². The smallest absolute Gasteiger partial charge is 0.355 e. The Balaban J connectivity index is 2.13. The number of nitrogens with zero attached hydrogens (tertiary/aromatic N) is 2. The number of esters is 2. The first-order chi connectivity index (χ1) is 14.5. The van der Waals surface area contributed by atoms with Crippen molar-refractivity contribution in [2.75, 3.05) is 19.1 Å². The van der Waals surface area contributed by atoms with Crippen LogP contribution in [-0.2, 0) is 19.1 Å². The third kappa shape index (κ3) is 4.12. The van der Waals surface area contributed by atoms with E-state index in [4.69, 9.17) is 9.47 Å². The molecule has 1 N–H and O–H groups in total. The van der Waals surface area contributed by atoms with Gasteiger partial charge in [-0.2, -0.15) is 0 Å². The Morgan fingerprint density at radius 3 is 2.40 bits per heavy atom. The average Bonchev–Trinajstić information content (AvgIpc) is 3.01. The van der Waals surface area contributed by atoms with Crippen LogP contribution in [0.2, 0.25) is 0 Å². The quantitative estimate of drug-likeness (QED) is 0.756. The minimum Gasteiger partial charge on any atom is -0.477 e. The van der Waals surface area contributed by atoms with Gasteiger partial charge in [-0.3, -0.25) is 0 Å². The predicted molar refractivity (Wildman–Crippen MR) is 108 cm³/mol. The van der Waals surface area contributed by atoms with Crippen molar-refractivity contribution in [3.63, 3.8) is 0 Å². The normalized spacial score (nSPS) is 13.1. The van der Waals surface area contributed by atoms with E-state index in [1.807, 2.05) is 0 Å². The second-order valence-electron chi connectivity index (χ2n) is 6.08. The number of anilines is 1. The van der Waals surface area contributed by atoms with Crippen molar-refractivity contribution in [2.45, 2.75) is 0 Å². The SMILES string of the molecule is COC(=O)C1=C(C(=O)OC)N(c2cccc(-c3cccc(C(=O)O)n3)c2)C=CC=C1. The molecule has 0 atom stereocenters. The van der Waals surface area contributed by atoms with Crippen LogP contribution in [0, 0.1) is 0 Å². The third-order valence-corrected chi connectivity index (χ3v) is 4.28. The topological polar surface area (TPSA) is 106 Å². The van der Waals surface area contributed by atoms with E-state index in [1.54, 1.807) is 54.8 Å². The standard InChI is InChI=1S/C22H18N2O6/c1-29-21(27)16-9-3-4-12-24(19(16)22(28)30-2)15-8-5-7-14(13-15)17-10-6-11-18(23-17)20(25)26/h3-13H,1-2H3,(H,25,26). The van der Waals surface area contributed by atoms with E-state index >= 15 is 0 Å². The summed E-state index contributed by atoms with van der Waals surface area (Å²) >= 11 is 0.